The second kappa shape index (κ2) is 5.22. The van der Waals surface area contributed by atoms with Crippen LogP contribution < -0.4 is 0 Å². The second-order valence-corrected chi connectivity index (χ2v) is 3.90. The predicted molar refractivity (Wildman–Crippen MR) is 59.1 cm³/mol. The van der Waals surface area contributed by atoms with Gasteiger partial charge in [0.05, 0.1) is 17.2 Å². The summed E-state index contributed by atoms with van der Waals surface area (Å²) in [7, 11) is 0. The molecule has 1 aromatic rings. The minimum atomic E-state index is -4.48. The average molecular weight is 240 g/mol. The highest BCUT2D eigenvalue weighted by molar-refractivity contribution is 5.45. The maximum atomic E-state index is 12.7. The van der Waals surface area contributed by atoms with Gasteiger partial charge in [-0.2, -0.15) is 18.4 Å². The second-order valence-electron chi connectivity index (χ2n) is 3.90. The summed E-state index contributed by atoms with van der Waals surface area (Å²) in [6.07, 6.45) is -2.84. The van der Waals surface area contributed by atoms with Crippen molar-refractivity contribution in [2.75, 3.05) is 0 Å². The molecule has 0 bridgehead atoms. The summed E-state index contributed by atoms with van der Waals surface area (Å²) in [6.45, 7) is 3.78. The largest absolute Gasteiger partial charge is 0.417 e. The zero-order valence-corrected chi connectivity index (χ0v) is 9.73. The van der Waals surface area contributed by atoms with Crippen LogP contribution in [0.2, 0.25) is 0 Å². The molecule has 0 unspecified atom stereocenters. The molecule has 0 saturated heterocycles. The summed E-state index contributed by atoms with van der Waals surface area (Å²) in [5.41, 5.74) is -0.628. The van der Waals surface area contributed by atoms with Crippen molar-refractivity contribution in [2.45, 2.75) is 32.9 Å². The minimum Gasteiger partial charge on any atom is -0.192 e. The van der Waals surface area contributed by atoms with E-state index >= 15 is 0 Å². The predicted octanol–water partition coefficient (Wildman–Crippen LogP) is 4.32. The number of nitrogens with zero attached hydrogens (tertiary/aromatic N) is 1. The smallest absolute Gasteiger partial charge is 0.192 e. The molecule has 17 heavy (non-hydrogen) atoms. The van der Waals surface area contributed by atoms with E-state index in [1.807, 2.05) is 13.8 Å². The Morgan fingerprint density at radius 1 is 1.35 bits per heavy atom. The Morgan fingerprint density at radius 2 is 2.00 bits per heavy atom. The summed E-state index contributed by atoms with van der Waals surface area (Å²) in [5, 5.41) is 8.66. The molecule has 0 heterocycles. The van der Waals surface area contributed by atoms with Crippen molar-refractivity contribution in [3.8, 4) is 6.07 Å². The first-order valence-corrected chi connectivity index (χ1v) is 5.34. The zero-order chi connectivity index (χ0) is 13.1. The van der Waals surface area contributed by atoms with Crippen LogP contribution in [0.1, 0.15) is 43.4 Å². The van der Waals surface area contributed by atoms with E-state index in [2.05, 4.69) is 0 Å². The van der Waals surface area contributed by atoms with Crippen molar-refractivity contribution in [2.24, 2.45) is 0 Å². The van der Waals surface area contributed by atoms with Gasteiger partial charge in [0, 0.05) is 5.92 Å². The molecular weight excluding hydrogens is 227 g/mol. The molecule has 0 aromatic heterocycles. The number of rotatable bonds is 3. The van der Waals surface area contributed by atoms with Gasteiger partial charge in [-0.1, -0.05) is 26.3 Å². The van der Waals surface area contributed by atoms with Crippen molar-refractivity contribution >= 4 is 0 Å². The highest BCUT2D eigenvalue weighted by atomic mass is 19.4. The van der Waals surface area contributed by atoms with Gasteiger partial charge in [-0.15, -0.1) is 0 Å². The summed E-state index contributed by atoms with van der Waals surface area (Å²) in [5.74, 6) is 0.905. The fraction of sp³-hybridized carbons (Fsp3) is 0.385. The normalized spacial score (nSPS) is 11.6. The molecule has 1 radical (unpaired) electrons. The topological polar surface area (TPSA) is 23.8 Å². The molecular formula is C13H13F3N. The van der Waals surface area contributed by atoms with Gasteiger partial charge in [-0.3, -0.25) is 0 Å². The third-order valence-corrected chi connectivity index (χ3v) is 2.56. The van der Waals surface area contributed by atoms with Crippen LogP contribution >= 0.6 is 0 Å². The number of alkyl halides is 3. The summed E-state index contributed by atoms with van der Waals surface area (Å²) in [6, 6.07) is 5.43. The lowest BCUT2D eigenvalue weighted by atomic mass is 9.93. The maximum Gasteiger partial charge on any atom is 0.417 e. The van der Waals surface area contributed by atoms with E-state index in [1.54, 1.807) is 12.1 Å². The van der Waals surface area contributed by atoms with Gasteiger partial charge in [0.2, 0.25) is 0 Å². The summed E-state index contributed by atoms with van der Waals surface area (Å²) in [4.78, 5) is 0. The number of nitriles is 1. The first-order valence-electron chi connectivity index (χ1n) is 5.34. The van der Waals surface area contributed by atoms with Crippen LogP contribution in [0.5, 0.6) is 0 Å². The van der Waals surface area contributed by atoms with Crippen molar-refractivity contribution in [1.29, 1.82) is 5.26 Å². The van der Waals surface area contributed by atoms with Gasteiger partial charge < -0.3 is 0 Å². The lowest BCUT2D eigenvalue weighted by Gasteiger charge is -2.14. The van der Waals surface area contributed by atoms with Crippen LogP contribution in [0.25, 0.3) is 0 Å². The molecule has 0 spiro atoms. The molecule has 1 nitrogen and oxygen atoms in total. The van der Waals surface area contributed by atoms with E-state index in [1.165, 1.54) is 6.07 Å². The lowest BCUT2D eigenvalue weighted by molar-refractivity contribution is -0.137. The van der Waals surface area contributed by atoms with E-state index < -0.39 is 11.7 Å². The first-order chi connectivity index (χ1) is 7.90. The van der Waals surface area contributed by atoms with E-state index in [0.717, 1.165) is 24.8 Å². The third kappa shape index (κ3) is 3.23. The van der Waals surface area contributed by atoms with Crippen LogP contribution in [0.15, 0.2) is 18.2 Å². The first kappa shape index (κ1) is 13.6. The van der Waals surface area contributed by atoms with Gasteiger partial charge >= 0.3 is 6.18 Å². The van der Waals surface area contributed by atoms with Crippen molar-refractivity contribution in [3.63, 3.8) is 0 Å². The fourth-order valence-corrected chi connectivity index (χ4v) is 1.66. The molecule has 0 aliphatic heterocycles. The molecule has 0 atom stereocenters. The molecule has 0 amide bonds. The summed E-state index contributed by atoms with van der Waals surface area (Å²) >= 11 is 0. The van der Waals surface area contributed by atoms with Crippen molar-refractivity contribution in [3.05, 3.63) is 40.8 Å². The van der Waals surface area contributed by atoms with Crippen molar-refractivity contribution < 1.29 is 13.2 Å². The monoisotopic (exact) mass is 240 g/mol. The van der Waals surface area contributed by atoms with E-state index in [4.69, 9.17) is 5.26 Å². The lowest BCUT2D eigenvalue weighted by Crippen LogP contribution is -2.09. The number of hydrogen-bond acceptors (Lipinski definition) is 1. The van der Waals surface area contributed by atoms with Gasteiger partial charge in [-0.25, -0.2) is 0 Å². The molecule has 4 heteroatoms. The fourth-order valence-electron chi connectivity index (χ4n) is 1.66. The standard InChI is InChI=1S/C13H13F3N/c1-3-4-9(2)10-5-6-11(8-17)12(7-10)13(14,15)16/h5-7H,3-4H2,1-2H3. The van der Waals surface area contributed by atoms with E-state index in [9.17, 15) is 13.2 Å². The molecule has 0 fully saturated rings. The van der Waals surface area contributed by atoms with Gasteiger partial charge in [0.25, 0.3) is 0 Å². The summed E-state index contributed by atoms with van der Waals surface area (Å²) < 4.78 is 38.1. The molecule has 1 rings (SSSR count). The van der Waals surface area contributed by atoms with Gasteiger partial charge in [-0.05, 0) is 24.1 Å². The Hall–Kier alpha value is -1.50. The average Bonchev–Trinajstić information content (AvgIpc) is 2.27. The number of benzene rings is 1. The number of halogens is 3. The van der Waals surface area contributed by atoms with Crippen LogP contribution in [-0.2, 0) is 6.18 Å². The highest BCUT2D eigenvalue weighted by Crippen LogP contribution is 2.34. The Balaban J connectivity index is 3.19. The number of hydrogen-bond donors (Lipinski definition) is 0. The molecule has 91 valence electrons. The molecule has 1 aromatic carbocycles. The Morgan fingerprint density at radius 3 is 2.47 bits per heavy atom. The molecule has 0 aliphatic rings. The van der Waals surface area contributed by atoms with E-state index in [0.29, 0.717) is 5.56 Å². The van der Waals surface area contributed by atoms with E-state index in [-0.39, 0.29) is 5.56 Å². The quantitative estimate of drug-likeness (QED) is 0.771. The highest BCUT2D eigenvalue weighted by Gasteiger charge is 2.34. The zero-order valence-electron chi connectivity index (χ0n) is 9.73. The third-order valence-electron chi connectivity index (χ3n) is 2.56. The van der Waals surface area contributed by atoms with Crippen LogP contribution in [-0.4, -0.2) is 0 Å². The SMILES string of the molecule is CCC[C](C)c1ccc(C#N)c(C(F)(F)F)c1. The van der Waals surface area contributed by atoms with Gasteiger partial charge in [0.1, 0.15) is 0 Å². The Bertz CT molecular complexity index is 429. The maximum absolute atomic E-state index is 12.7. The Kier molecular flexibility index (Phi) is 4.17. The molecule has 0 aliphatic carbocycles. The van der Waals surface area contributed by atoms with Crippen LogP contribution in [0.3, 0.4) is 0 Å². The molecule has 0 saturated carbocycles. The van der Waals surface area contributed by atoms with Crippen LogP contribution in [0, 0.1) is 17.2 Å². The van der Waals surface area contributed by atoms with Crippen molar-refractivity contribution in [1.82, 2.24) is 0 Å². The Labute approximate surface area is 98.9 Å². The van der Waals surface area contributed by atoms with Gasteiger partial charge in [0.15, 0.2) is 0 Å². The molecule has 0 N–H and O–H groups in total. The van der Waals surface area contributed by atoms with Crippen LogP contribution in [0.4, 0.5) is 13.2 Å². The minimum absolute atomic E-state index is 0.328.